The maximum absolute atomic E-state index is 13.7. The minimum atomic E-state index is -0.629. The summed E-state index contributed by atoms with van der Waals surface area (Å²) in [5, 5.41) is 15.1. The Morgan fingerprint density at radius 1 is 1.18 bits per heavy atom. The predicted octanol–water partition coefficient (Wildman–Crippen LogP) is 2.08. The van der Waals surface area contributed by atoms with Gasteiger partial charge < -0.3 is 25.5 Å². The van der Waals surface area contributed by atoms with Crippen molar-refractivity contribution in [2.24, 2.45) is 11.8 Å². The second-order valence-electron chi connectivity index (χ2n) is 9.34. The van der Waals surface area contributed by atoms with Crippen LogP contribution in [0.15, 0.2) is 24.3 Å². The van der Waals surface area contributed by atoms with E-state index in [1.165, 1.54) is 0 Å². The first-order chi connectivity index (χ1) is 16.4. The summed E-state index contributed by atoms with van der Waals surface area (Å²) < 4.78 is -0.580. The zero-order valence-electron chi connectivity index (χ0n) is 20.3. The summed E-state index contributed by atoms with van der Waals surface area (Å²) in [6, 6.07) is 7.18. The summed E-state index contributed by atoms with van der Waals surface area (Å²) in [4.78, 5) is 44.0. The first-order valence-electron chi connectivity index (χ1n) is 12.4. The number of aliphatic hydroxyl groups excluding tert-OH is 1. The summed E-state index contributed by atoms with van der Waals surface area (Å²) >= 11 is 1.67. The van der Waals surface area contributed by atoms with Gasteiger partial charge >= 0.3 is 0 Å². The normalized spacial score (nSPS) is 29.3. The number of fused-ring (bicyclic) bond motifs is 1. The number of likely N-dealkylation sites (tertiary alicyclic amines) is 1. The molecule has 0 aliphatic carbocycles. The molecule has 9 heteroatoms. The molecule has 2 bridgehead atoms. The van der Waals surface area contributed by atoms with E-state index in [0.29, 0.717) is 25.1 Å². The van der Waals surface area contributed by atoms with Gasteiger partial charge in [-0.25, -0.2) is 0 Å². The number of amides is 3. The summed E-state index contributed by atoms with van der Waals surface area (Å²) in [7, 11) is 1.61. The van der Waals surface area contributed by atoms with Crippen molar-refractivity contribution in [3.8, 4) is 0 Å². The van der Waals surface area contributed by atoms with E-state index in [0.717, 1.165) is 31.6 Å². The molecule has 0 radical (unpaired) electrons. The molecular formula is C25H36N4O4S. The van der Waals surface area contributed by atoms with Crippen LogP contribution in [0.4, 0.5) is 11.4 Å². The number of aliphatic hydroxyl groups is 1. The highest BCUT2D eigenvalue weighted by molar-refractivity contribution is 8.02. The molecule has 1 spiro atoms. The molecule has 0 aromatic heterocycles. The fourth-order valence-corrected chi connectivity index (χ4v) is 8.33. The number of nitrogens with one attached hydrogen (secondary N) is 2. The molecule has 3 saturated heterocycles. The topological polar surface area (TPSA) is 102 Å². The van der Waals surface area contributed by atoms with E-state index in [2.05, 4.69) is 29.4 Å². The van der Waals surface area contributed by atoms with Crippen LogP contribution in [0.5, 0.6) is 0 Å². The third-order valence-electron chi connectivity index (χ3n) is 7.67. The number of carbonyl (C=O) groups excluding carboxylic acids is 3. The molecule has 34 heavy (non-hydrogen) atoms. The SMILES string of the molecule is CCN(CC)c1ccc(NC(=O)C2N(CCCCO)C(=O)[C@@H]3[C@@H](C(=O)NC)[C@H]4CCC23S4)cc1. The van der Waals surface area contributed by atoms with Gasteiger partial charge in [0.05, 0.1) is 16.6 Å². The number of hydrogen-bond acceptors (Lipinski definition) is 6. The minimum absolute atomic E-state index is 0.0457. The van der Waals surface area contributed by atoms with Crippen LogP contribution in [0, 0.1) is 11.8 Å². The van der Waals surface area contributed by atoms with Gasteiger partial charge in [0.25, 0.3) is 0 Å². The molecule has 4 rings (SSSR count). The van der Waals surface area contributed by atoms with Crippen LogP contribution in [-0.2, 0) is 14.4 Å². The van der Waals surface area contributed by atoms with Crippen molar-refractivity contribution < 1.29 is 19.5 Å². The maximum atomic E-state index is 13.7. The van der Waals surface area contributed by atoms with Gasteiger partial charge in [0.2, 0.25) is 17.7 Å². The highest BCUT2D eigenvalue weighted by Crippen LogP contribution is 2.66. The van der Waals surface area contributed by atoms with Crippen LogP contribution in [0.25, 0.3) is 0 Å². The lowest BCUT2D eigenvalue weighted by atomic mass is 9.71. The molecule has 3 heterocycles. The fraction of sp³-hybridized carbons (Fsp3) is 0.640. The Hall–Kier alpha value is -2.26. The molecule has 186 valence electrons. The van der Waals surface area contributed by atoms with Gasteiger partial charge in [-0.05, 0) is 63.8 Å². The first kappa shape index (κ1) is 24.9. The number of carbonyl (C=O) groups is 3. The number of anilines is 2. The Morgan fingerprint density at radius 2 is 1.88 bits per heavy atom. The molecule has 1 aromatic carbocycles. The smallest absolute Gasteiger partial charge is 0.248 e. The van der Waals surface area contributed by atoms with Crippen molar-refractivity contribution in [3.05, 3.63) is 24.3 Å². The van der Waals surface area contributed by atoms with Gasteiger partial charge in [0.1, 0.15) is 6.04 Å². The summed E-state index contributed by atoms with van der Waals surface area (Å²) in [6.45, 7) is 6.48. The standard InChI is InChI=1S/C25H36N4O4S/c1-4-28(5-2)17-10-8-16(9-11-17)27-23(32)21-25-13-12-18(34-25)19(22(31)26-3)20(25)24(33)29(21)14-6-7-15-30/h8-11,18-21,30H,4-7,12-15H2,1-3H3,(H,26,31)(H,27,32)/t18-,19+,20+,21?,25?/m1/s1. The second kappa shape index (κ2) is 10.2. The number of rotatable bonds is 10. The van der Waals surface area contributed by atoms with Crippen LogP contribution in [0.3, 0.4) is 0 Å². The monoisotopic (exact) mass is 488 g/mol. The van der Waals surface area contributed by atoms with Gasteiger partial charge in [0, 0.05) is 49.9 Å². The Balaban J connectivity index is 1.60. The molecule has 0 saturated carbocycles. The molecule has 3 fully saturated rings. The zero-order valence-corrected chi connectivity index (χ0v) is 21.1. The molecule has 3 aliphatic heterocycles. The molecule has 8 nitrogen and oxygen atoms in total. The number of hydrogen-bond donors (Lipinski definition) is 3. The van der Waals surface area contributed by atoms with Crippen molar-refractivity contribution >= 4 is 40.9 Å². The summed E-state index contributed by atoms with van der Waals surface area (Å²) in [5.41, 5.74) is 1.80. The number of nitrogens with zero attached hydrogens (tertiary/aromatic N) is 2. The van der Waals surface area contributed by atoms with E-state index in [9.17, 15) is 19.5 Å². The molecule has 3 N–H and O–H groups in total. The van der Waals surface area contributed by atoms with Gasteiger partial charge in [-0.3, -0.25) is 14.4 Å². The van der Waals surface area contributed by atoms with Crippen molar-refractivity contribution in [1.82, 2.24) is 10.2 Å². The fourth-order valence-electron chi connectivity index (χ4n) is 6.11. The van der Waals surface area contributed by atoms with Crippen molar-refractivity contribution in [3.63, 3.8) is 0 Å². The Kier molecular flexibility index (Phi) is 7.42. The Morgan fingerprint density at radius 3 is 2.50 bits per heavy atom. The molecule has 3 amide bonds. The van der Waals surface area contributed by atoms with Gasteiger partial charge in [-0.1, -0.05) is 0 Å². The number of benzene rings is 1. The predicted molar refractivity (Wildman–Crippen MR) is 135 cm³/mol. The second-order valence-corrected chi connectivity index (χ2v) is 10.9. The molecular weight excluding hydrogens is 452 g/mol. The first-order valence-corrected chi connectivity index (χ1v) is 13.3. The Bertz CT molecular complexity index is 922. The van der Waals surface area contributed by atoms with Gasteiger partial charge in [-0.15, -0.1) is 11.8 Å². The quantitative estimate of drug-likeness (QED) is 0.436. The van der Waals surface area contributed by atoms with E-state index < -0.39 is 22.6 Å². The van der Waals surface area contributed by atoms with Crippen LogP contribution in [-0.4, -0.2) is 77.1 Å². The summed E-state index contributed by atoms with van der Waals surface area (Å²) in [6.07, 6.45) is 2.77. The van der Waals surface area contributed by atoms with E-state index >= 15 is 0 Å². The highest BCUT2D eigenvalue weighted by atomic mass is 32.2. The highest BCUT2D eigenvalue weighted by Gasteiger charge is 2.73. The lowest BCUT2D eigenvalue weighted by Crippen LogP contribution is -2.51. The van der Waals surface area contributed by atoms with Gasteiger partial charge in [0.15, 0.2) is 0 Å². The third-order valence-corrected chi connectivity index (χ3v) is 9.62. The molecule has 1 aromatic rings. The van der Waals surface area contributed by atoms with Crippen LogP contribution >= 0.6 is 11.8 Å². The lowest BCUT2D eigenvalue weighted by Gasteiger charge is -2.34. The minimum Gasteiger partial charge on any atom is -0.396 e. The third kappa shape index (κ3) is 4.06. The van der Waals surface area contributed by atoms with Crippen LogP contribution in [0.2, 0.25) is 0 Å². The zero-order chi connectivity index (χ0) is 24.5. The maximum Gasteiger partial charge on any atom is 0.248 e. The van der Waals surface area contributed by atoms with Gasteiger partial charge in [-0.2, -0.15) is 0 Å². The Labute approximate surface area is 205 Å². The van der Waals surface area contributed by atoms with E-state index in [4.69, 9.17) is 0 Å². The van der Waals surface area contributed by atoms with Crippen molar-refractivity contribution in [1.29, 1.82) is 0 Å². The molecule has 5 atom stereocenters. The van der Waals surface area contributed by atoms with E-state index in [1.54, 1.807) is 23.7 Å². The molecule has 2 unspecified atom stereocenters. The number of thioether (sulfide) groups is 1. The van der Waals surface area contributed by atoms with Crippen molar-refractivity contribution in [2.45, 2.75) is 55.6 Å². The molecule has 3 aliphatic rings. The van der Waals surface area contributed by atoms with E-state index in [-0.39, 0.29) is 29.6 Å². The van der Waals surface area contributed by atoms with Crippen LogP contribution < -0.4 is 15.5 Å². The lowest BCUT2D eigenvalue weighted by molar-refractivity contribution is -0.139. The average molecular weight is 489 g/mol. The summed E-state index contributed by atoms with van der Waals surface area (Å²) in [5.74, 6) is -1.28. The van der Waals surface area contributed by atoms with Crippen LogP contribution in [0.1, 0.15) is 39.5 Å². The number of unbranched alkanes of at least 4 members (excludes halogenated alkanes) is 1. The van der Waals surface area contributed by atoms with E-state index in [1.807, 2.05) is 24.3 Å². The van der Waals surface area contributed by atoms with Crippen molar-refractivity contribution in [2.75, 3.05) is 43.5 Å². The largest absolute Gasteiger partial charge is 0.396 e. The average Bonchev–Trinajstić information content (AvgIpc) is 3.48.